The van der Waals surface area contributed by atoms with Gasteiger partial charge in [-0.15, -0.1) is 11.3 Å². The van der Waals surface area contributed by atoms with E-state index in [9.17, 15) is 9.18 Å². The third kappa shape index (κ3) is 3.17. The molecule has 0 atom stereocenters. The van der Waals surface area contributed by atoms with Gasteiger partial charge in [-0.05, 0) is 31.2 Å². The van der Waals surface area contributed by atoms with Crippen LogP contribution in [0.25, 0.3) is 11.3 Å². The van der Waals surface area contributed by atoms with Gasteiger partial charge in [0.05, 0.1) is 5.69 Å². The van der Waals surface area contributed by atoms with Gasteiger partial charge < -0.3 is 0 Å². The molecule has 0 aliphatic carbocycles. The highest BCUT2D eigenvalue weighted by molar-refractivity contribution is 7.14. The molecule has 6 heteroatoms. The summed E-state index contributed by atoms with van der Waals surface area (Å²) in [5.41, 5.74) is 2.40. The van der Waals surface area contributed by atoms with Gasteiger partial charge in [0.15, 0.2) is 5.13 Å². The van der Waals surface area contributed by atoms with Crippen molar-refractivity contribution < 1.29 is 9.18 Å². The van der Waals surface area contributed by atoms with E-state index in [4.69, 9.17) is 0 Å². The number of pyridine rings is 1. The number of nitrogens with zero attached hydrogens (tertiary/aromatic N) is 2. The maximum Gasteiger partial charge on any atom is 0.276 e. The molecule has 0 radical (unpaired) electrons. The third-order valence-corrected chi connectivity index (χ3v) is 3.72. The quantitative estimate of drug-likeness (QED) is 0.797. The molecule has 0 saturated carbocycles. The molecule has 0 bridgehead atoms. The Kier molecular flexibility index (Phi) is 3.93. The number of hydrogen-bond donors (Lipinski definition) is 1. The maximum absolute atomic E-state index is 13.2. The Morgan fingerprint density at radius 3 is 2.77 bits per heavy atom. The first kappa shape index (κ1) is 14.3. The van der Waals surface area contributed by atoms with Crippen LogP contribution in [0, 0.1) is 12.7 Å². The fraction of sp³-hybridized carbons (Fsp3) is 0.0625. The van der Waals surface area contributed by atoms with E-state index in [0.29, 0.717) is 22.1 Å². The van der Waals surface area contributed by atoms with Crippen LogP contribution < -0.4 is 5.32 Å². The van der Waals surface area contributed by atoms with E-state index in [1.807, 2.05) is 13.0 Å². The van der Waals surface area contributed by atoms with Crippen LogP contribution in [-0.4, -0.2) is 15.9 Å². The molecular formula is C16H12FN3OS. The number of nitrogens with one attached hydrogen (secondary N) is 1. The molecule has 0 saturated heterocycles. The summed E-state index contributed by atoms with van der Waals surface area (Å²) in [6.45, 7) is 1.82. The summed E-state index contributed by atoms with van der Waals surface area (Å²) >= 11 is 1.28. The van der Waals surface area contributed by atoms with Gasteiger partial charge in [-0.2, -0.15) is 0 Å². The van der Waals surface area contributed by atoms with Crippen molar-refractivity contribution in [1.82, 2.24) is 9.97 Å². The van der Waals surface area contributed by atoms with E-state index in [2.05, 4.69) is 15.3 Å². The SMILES string of the molecule is Cc1cccc(C(=O)Nc2nc(-c3cccc(F)c3)cs2)n1. The topological polar surface area (TPSA) is 54.9 Å². The minimum atomic E-state index is -0.319. The number of anilines is 1. The molecule has 1 amide bonds. The summed E-state index contributed by atoms with van der Waals surface area (Å²) in [7, 11) is 0. The molecule has 0 spiro atoms. The summed E-state index contributed by atoms with van der Waals surface area (Å²) < 4.78 is 13.2. The van der Waals surface area contributed by atoms with Gasteiger partial charge in [0.1, 0.15) is 11.5 Å². The van der Waals surface area contributed by atoms with Crippen molar-refractivity contribution in [3.8, 4) is 11.3 Å². The van der Waals surface area contributed by atoms with Crippen molar-refractivity contribution in [3.05, 3.63) is 65.0 Å². The van der Waals surface area contributed by atoms with E-state index in [-0.39, 0.29) is 11.7 Å². The summed E-state index contributed by atoms with van der Waals surface area (Å²) in [6, 6.07) is 11.4. The van der Waals surface area contributed by atoms with Crippen molar-refractivity contribution in [2.75, 3.05) is 5.32 Å². The molecule has 22 heavy (non-hydrogen) atoms. The first-order valence-electron chi connectivity index (χ1n) is 6.58. The van der Waals surface area contributed by atoms with Crippen molar-refractivity contribution in [2.45, 2.75) is 6.92 Å². The van der Waals surface area contributed by atoms with E-state index < -0.39 is 0 Å². The lowest BCUT2D eigenvalue weighted by atomic mass is 10.2. The van der Waals surface area contributed by atoms with Crippen LogP contribution in [0.5, 0.6) is 0 Å². The summed E-state index contributed by atoms with van der Waals surface area (Å²) in [4.78, 5) is 20.6. The predicted octanol–water partition coefficient (Wildman–Crippen LogP) is 3.90. The zero-order chi connectivity index (χ0) is 15.5. The van der Waals surface area contributed by atoms with Crippen molar-refractivity contribution >= 4 is 22.4 Å². The van der Waals surface area contributed by atoms with E-state index in [0.717, 1.165) is 5.69 Å². The second-order valence-corrected chi connectivity index (χ2v) is 5.52. The summed E-state index contributed by atoms with van der Waals surface area (Å²) in [5.74, 6) is -0.635. The molecule has 2 heterocycles. The number of hydrogen-bond acceptors (Lipinski definition) is 4. The molecule has 3 rings (SSSR count). The molecule has 0 fully saturated rings. The highest BCUT2D eigenvalue weighted by Crippen LogP contribution is 2.25. The van der Waals surface area contributed by atoms with Crippen molar-refractivity contribution in [1.29, 1.82) is 0 Å². The molecule has 0 aliphatic heterocycles. The summed E-state index contributed by atoms with van der Waals surface area (Å²) in [6.07, 6.45) is 0. The summed E-state index contributed by atoms with van der Waals surface area (Å²) in [5, 5.41) is 4.93. The molecule has 0 unspecified atom stereocenters. The lowest BCUT2D eigenvalue weighted by Crippen LogP contribution is -2.13. The number of halogens is 1. The van der Waals surface area contributed by atoms with Crippen LogP contribution in [-0.2, 0) is 0 Å². The first-order valence-corrected chi connectivity index (χ1v) is 7.46. The minimum Gasteiger partial charge on any atom is -0.296 e. The van der Waals surface area contributed by atoms with E-state index >= 15 is 0 Å². The van der Waals surface area contributed by atoms with Gasteiger partial charge >= 0.3 is 0 Å². The highest BCUT2D eigenvalue weighted by atomic mass is 32.1. The molecule has 1 aromatic carbocycles. The number of thiazole rings is 1. The average Bonchev–Trinajstić information content (AvgIpc) is 2.96. The maximum atomic E-state index is 13.2. The van der Waals surface area contributed by atoms with Gasteiger partial charge in [-0.1, -0.05) is 18.2 Å². The number of aromatic nitrogens is 2. The standard InChI is InChI=1S/C16H12FN3OS/c1-10-4-2-7-13(18-10)15(21)20-16-19-14(9-22-16)11-5-3-6-12(17)8-11/h2-9H,1H3,(H,19,20,21). The largest absolute Gasteiger partial charge is 0.296 e. The fourth-order valence-corrected chi connectivity index (χ4v) is 2.66. The Labute approximate surface area is 130 Å². The molecule has 0 aliphatic rings. The number of aryl methyl sites for hydroxylation is 1. The Balaban J connectivity index is 1.78. The molecule has 110 valence electrons. The Morgan fingerprint density at radius 1 is 1.18 bits per heavy atom. The molecule has 3 aromatic rings. The van der Waals surface area contributed by atoms with Gasteiger partial charge in [-0.3, -0.25) is 10.1 Å². The van der Waals surface area contributed by atoms with Gasteiger partial charge in [0.2, 0.25) is 0 Å². The molecule has 4 nitrogen and oxygen atoms in total. The first-order chi connectivity index (χ1) is 10.6. The molecular weight excluding hydrogens is 301 g/mol. The predicted molar refractivity (Wildman–Crippen MR) is 84.4 cm³/mol. The average molecular weight is 313 g/mol. The Morgan fingerprint density at radius 2 is 2.00 bits per heavy atom. The minimum absolute atomic E-state index is 0.316. The fourth-order valence-electron chi connectivity index (χ4n) is 1.94. The van der Waals surface area contributed by atoms with Crippen molar-refractivity contribution in [2.24, 2.45) is 0 Å². The van der Waals surface area contributed by atoms with E-state index in [1.54, 1.807) is 29.6 Å². The highest BCUT2D eigenvalue weighted by Gasteiger charge is 2.11. The van der Waals surface area contributed by atoms with Crippen LogP contribution in [0.2, 0.25) is 0 Å². The van der Waals surface area contributed by atoms with Crippen LogP contribution in [0.3, 0.4) is 0 Å². The third-order valence-electron chi connectivity index (χ3n) is 2.97. The van der Waals surface area contributed by atoms with Gasteiger partial charge in [0, 0.05) is 16.6 Å². The zero-order valence-corrected chi connectivity index (χ0v) is 12.5. The smallest absolute Gasteiger partial charge is 0.276 e. The van der Waals surface area contributed by atoms with E-state index in [1.165, 1.54) is 23.5 Å². The Bertz CT molecular complexity index is 832. The van der Waals surface area contributed by atoms with Crippen LogP contribution in [0.15, 0.2) is 47.8 Å². The van der Waals surface area contributed by atoms with Crippen LogP contribution in [0.4, 0.5) is 9.52 Å². The van der Waals surface area contributed by atoms with Gasteiger partial charge in [0.25, 0.3) is 5.91 Å². The number of carbonyl (C=O) groups excluding carboxylic acids is 1. The van der Waals surface area contributed by atoms with Crippen LogP contribution >= 0.6 is 11.3 Å². The number of carbonyl (C=O) groups is 1. The second kappa shape index (κ2) is 6.03. The van der Waals surface area contributed by atoms with Crippen molar-refractivity contribution in [3.63, 3.8) is 0 Å². The lowest BCUT2D eigenvalue weighted by molar-refractivity contribution is 0.102. The normalized spacial score (nSPS) is 10.5. The molecule has 1 N–H and O–H groups in total. The number of benzene rings is 1. The lowest BCUT2D eigenvalue weighted by Gasteiger charge is -2.01. The second-order valence-electron chi connectivity index (χ2n) is 4.67. The van der Waals surface area contributed by atoms with Gasteiger partial charge in [-0.25, -0.2) is 14.4 Å². The number of rotatable bonds is 3. The Hall–Kier alpha value is -2.60. The van der Waals surface area contributed by atoms with Crippen LogP contribution in [0.1, 0.15) is 16.2 Å². The zero-order valence-electron chi connectivity index (χ0n) is 11.7. The number of amides is 1. The molecule has 2 aromatic heterocycles. The monoisotopic (exact) mass is 313 g/mol.